The number of aromatic nitrogens is 2. The van der Waals surface area contributed by atoms with Gasteiger partial charge >= 0.3 is 0 Å². The number of amides is 1. The number of para-hydroxylation sites is 1. The third-order valence-electron chi connectivity index (χ3n) is 1.99. The number of nitrogens with one attached hydrogen (secondary N) is 1. The van der Waals surface area contributed by atoms with E-state index in [-0.39, 0.29) is 11.4 Å². The quantitative estimate of drug-likeness (QED) is 0.401. The van der Waals surface area contributed by atoms with Crippen LogP contribution in [0, 0.1) is 0 Å². The maximum Gasteiger partial charge on any atom is 0.287 e. The third kappa shape index (κ3) is 1.73. The smallest absolute Gasteiger partial charge is 0.287 e. The van der Waals surface area contributed by atoms with Crippen LogP contribution in [0.15, 0.2) is 24.3 Å². The van der Waals surface area contributed by atoms with Crippen LogP contribution in [0.25, 0.3) is 11.3 Å². The van der Waals surface area contributed by atoms with Crippen LogP contribution in [0.5, 0.6) is 5.75 Å². The molecule has 0 aliphatic heterocycles. The monoisotopic (exact) mass is 236 g/mol. The Hall–Kier alpha value is -1.99. The molecule has 0 spiro atoms. The second kappa shape index (κ2) is 4.25. The van der Waals surface area contributed by atoms with Gasteiger partial charge in [-0.25, -0.2) is 5.84 Å². The van der Waals surface area contributed by atoms with Crippen LogP contribution >= 0.6 is 11.7 Å². The van der Waals surface area contributed by atoms with Crippen LogP contribution in [-0.2, 0) is 0 Å². The van der Waals surface area contributed by atoms with Crippen molar-refractivity contribution in [3.05, 3.63) is 30.0 Å². The molecule has 6 nitrogen and oxygen atoms in total. The van der Waals surface area contributed by atoms with Gasteiger partial charge in [-0.2, -0.15) is 8.75 Å². The molecule has 16 heavy (non-hydrogen) atoms. The van der Waals surface area contributed by atoms with Gasteiger partial charge in [0.2, 0.25) is 0 Å². The van der Waals surface area contributed by atoms with E-state index in [1.54, 1.807) is 18.2 Å². The molecule has 0 aliphatic carbocycles. The number of aromatic hydroxyl groups is 1. The van der Waals surface area contributed by atoms with Gasteiger partial charge in [0.05, 0.1) is 11.7 Å². The molecule has 0 unspecified atom stereocenters. The first-order valence-corrected chi connectivity index (χ1v) is 5.09. The summed E-state index contributed by atoms with van der Waals surface area (Å²) in [4.78, 5) is 11.4. The largest absolute Gasteiger partial charge is 0.507 e. The Morgan fingerprint density at radius 1 is 1.38 bits per heavy atom. The Kier molecular flexibility index (Phi) is 2.80. The number of phenols is 1. The fourth-order valence-corrected chi connectivity index (χ4v) is 1.81. The lowest BCUT2D eigenvalue weighted by Crippen LogP contribution is -2.30. The maximum absolute atomic E-state index is 11.4. The molecular weight excluding hydrogens is 228 g/mol. The Morgan fingerprint density at radius 2 is 2.12 bits per heavy atom. The molecule has 7 heteroatoms. The minimum Gasteiger partial charge on any atom is -0.507 e. The van der Waals surface area contributed by atoms with Gasteiger partial charge in [0.25, 0.3) is 5.91 Å². The first-order chi connectivity index (χ1) is 7.74. The average molecular weight is 236 g/mol. The van der Waals surface area contributed by atoms with Gasteiger partial charge in [-0.1, -0.05) is 12.1 Å². The molecule has 0 saturated heterocycles. The summed E-state index contributed by atoms with van der Waals surface area (Å²) in [6.07, 6.45) is 0. The zero-order chi connectivity index (χ0) is 11.5. The summed E-state index contributed by atoms with van der Waals surface area (Å²) in [6.45, 7) is 0. The van der Waals surface area contributed by atoms with Crippen molar-refractivity contribution in [1.82, 2.24) is 14.2 Å². The molecule has 0 bridgehead atoms. The summed E-state index contributed by atoms with van der Waals surface area (Å²) in [7, 11) is 0. The molecule has 82 valence electrons. The Morgan fingerprint density at radius 3 is 2.81 bits per heavy atom. The number of nitrogen functional groups attached to an aromatic ring is 1. The lowest BCUT2D eigenvalue weighted by molar-refractivity contribution is 0.0950. The zero-order valence-electron chi connectivity index (χ0n) is 8.04. The topological polar surface area (TPSA) is 101 Å². The minimum absolute atomic E-state index is 0.0428. The van der Waals surface area contributed by atoms with E-state index in [0.29, 0.717) is 11.3 Å². The first-order valence-electron chi connectivity index (χ1n) is 4.36. The summed E-state index contributed by atoms with van der Waals surface area (Å²) in [5, 5.41) is 9.64. The van der Waals surface area contributed by atoms with Gasteiger partial charge in [0, 0.05) is 5.56 Å². The number of rotatable bonds is 2. The van der Waals surface area contributed by atoms with Crippen molar-refractivity contribution in [2.45, 2.75) is 0 Å². The van der Waals surface area contributed by atoms with Crippen molar-refractivity contribution in [3.8, 4) is 17.0 Å². The molecule has 1 aromatic carbocycles. The molecule has 2 rings (SSSR count). The highest BCUT2D eigenvalue weighted by Gasteiger charge is 2.18. The molecule has 2 aromatic rings. The molecule has 4 N–H and O–H groups in total. The number of hydrogen-bond donors (Lipinski definition) is 3. The molecule has 1 heterocycles. The number of nitrogens with zero attached hydrogens (tertiary/aromatic N) is 2. The Labute approximate surface area is 95.0 Å². The number of carbonyl (C=O) groups excluding carboxylic acids is 1. The van der Waals surface area contributed by atoms with Crippen molar-refractivity contribution in [2.75, 3.05) is 0 Å². The van der Waals surface area contributed by atoms with E-state index in [4.69, 9.17) is 5.84 Å². The van der Waals surface area contributed by atoms with Gasteiger partial charge in [-0.05, 0) is 12.1 Å². The molecule has 0 aliphatic rings. The minimum atomic E-state index is -0.535. The molecule has 0 saturated carbocycles. The second-order valence-electron chi connectivity index (χ2n) is 2.95. The van der Waals surface area contributed by atoms with Gasteiger partial charge < -0.3 is 5.11 Å². The SMILES string of the molecule is NNC(=O)c1nsnc1-c1ccccc1O. The van der Waals surface area contributed by atoms with E-state index in [1.165, 1.54) is 6.07 Å². The number of hydrazine groups is 1. The van der Waals surface area contributed by atoms with Crippen molar-refractivity contribution in [2.24, 2.45) is 5.84 Å². The molecule has 1 aromatic heterocycles. The van der Waals surface area contributed by atoms with E-state index in [2.05, 4.69) is 8.75 Å². The van der Waals surface area contributed by atoms with Crippen molar-refractivity contribution < 1.29 is 9.90 Å². The highest BCUT2D eigenvalue weighted by Crippen LogP contribution is 2.29. The standard InChI is InChI=1S/C9H8N4O2S/c10-11-9(15)8-7(12-16-13-8)5-3-1-2-4-6(5)14/h1-4,14H,10H2,(H,11,15). The molecule has 0 atom stereocenters. The lowest BCUT2D eigenvalue weighted by atomic mass is 10.1. The highest BCUT2D eigenvalue weighted by atomic mass is 32.1. The zero-order valence-corrected chi connectivity index (χ0v) is 8.86. The second-order valence-corrected chi connectivity index (χ2v) is 3.48. The third-order valence-corrected chi connectivity index (χ3v) is 2.52. The molecule has 0 fully saturated rings. The van der Waals surface area contributed by atoms with Gasteiger partial charge in [-0.3, -0.25) is 10.2 Å². The molecule has 0 radical (unpaired) electrons. The lowest BCUT2D eigenvalue weighted by Gasteiger charge is -2.02. The van der Waals surface area contributed by atoms with Crippen LogP contribution < -0.4 is 11.3 Å². The number of carbonyl (C=O) groups is 1. The molecular formula is C9H8N4O2S. The fraction of sp³-hybridized carbons (Fsp3) is 0. The van der Waals surface area contributed by atoms with Gasteiger partial charge in [0.1, 0.15) is 11.4 Å². The predicted molar refractivity (Wildman–Crippen MR) is 58.7 cm³/mol. The Bertz CT molecular complexity index is 526. The summed E-state index contributed by atoms with van der Waals surface area (Å²) < 4.78 is 7.80. The average Bonchev–Trinajstić information content (AvgIpc) is 2.77. The summed E-state index contributed by atoms with van der Waals surface area (Å²) >= 11 is 0.886. The number of hydrogen-bond acceptors (Lipinski definition) is 6. The van der Waals surface area contributed by atoms with Crippen LogP contribution in [0.1, 0.15) is 10.5 Å². The van der Waals surface area contributed by atoms with Crippen LogP contribution in [0.4, 0.5) is 0 Å². The highest BCUT2D eigenvalue weighted by molar-refractivity contribution is 6.99. The van der Waals surface area contributed by atoms with Gasteiger partial charge in [0.15, 0.2) is 5.69 Å². The normalized spacial score (nSPS) is 10.1. The predicted octanol–water partition coefficient (Wildman–Crippen LogP) is 0.514. The van der Waals surface area contributed by atoms with Crippen molar-refractivity contribution in [1.29, 1.82) is 0 Å². The summed E-state index contributed by atoms with van der Waals surface area (Å²) in [5.74, 6) is 4.53. The first kappa shape index (κ1) is 10.5. The summed E-state index contributed by atoms with van der Waals surface area (Å²) in [6, 6.07) is 6.58. The summed E-state index contributed by atoms with van der Waals surface area (Å²) in [5.41, 5.74) is 2.86. The number of phenolic OH excluding ortho intramolecular Hbond substituents is 1. The van der Waals surface area contributed by atoms with E-state index in [1.807, 2.05) is 5.43 Å². The van der Waals surface area contributed by atoms with E-state index in [0.717, 1.165) is 11.7 Å². The Balaban J connectivity index is 2.53. The maximum atomic E-state index is 11.4. The van der Waals surface area contributed by atoms with E-state index in [9.17, 15) is 9.90 Å². The van der Waals surface area contributed by atoms with E-state index < -0.39 is 5.91 Å². The van der Waals surface area contributed by atoms with Gasteiger partial charge in [-0.15, -0.1) is 0 Å². The van der Waals surface area contributed by atoms with Crippen LogP contribution in [0.2, 0.25) is 0 Å². The van der Waals surface area contributed by atoms with Crippen LogP contribution in [-0.4, -0.2) is 19.8 Å². The number of nitrogens with two attached hydrogens (primary N) is 1. The fourth-order valence-electron chi connectivity index (χ4n) is 1.26. The number of benzene rings is 1. The molecule has 1 amide bonds. The van der Waals surface area contributed by atoms with Crippen molar-refractivity contribution >= 4 is 17.6 Å². The van der Waals surface area contributed by atoms with Crippen molar-refractivity contribution in [3.63, 3.8) is 0 Å². The van der Waals surface area contributed by atoms with Crippen LogP contribution in [0.3, 0.4) is 0 Å². The van der Waals surface area contributed by atoms with E-state index >= 15 is 0 Å².